The molecule has 6 heteroatoms. The summed E-state index contributed by atoms with van der Waals surface area (Å²) in [5, 5.41) is 0. The van der Waals surface area contributed by atoms with Crippen LogP contribution in [0.15, 0.2) is 12.4 Å². The van der Waals surface area contributed by atoms with E-state index < -0.39 is 5.82 Å². The minimum absolute atomic E-state index is 0.0229. The quantitative estimate of drug-likeness (QED) is 0.859. The van der Waals surface area contributed by atoms with E-state index in [-0.39, 0.29) is 23.4 Å². The third-order valence-corrected chi connectivity index (χ3v) is 3.28. The molecule has 1 atom stereocenters. The number of ether oxygens (including phenoxy) is 1. The van der Waals surface area contributed by atoms with E-state index in [4.69, 9.17) is 4.74 Å². The molecule has 21 heavy (non-hydrogen) atoms. The first-order valence-electron chi connectivity index (χ1n) is 7.25. The van der Waals surface area contributed by atoms with E-state index in [0.717, 1.165) is 31.8 Å². The van der Waals surface area contributed by atoms with Gasteiger partial charge in [0.2, 0.25) is 5.91 Å². The van der Waals surface area contributed by atoms with Crippen molar-refractivity contribution in [3.8, 4) is 6.01 Å². The summed E-state index contributed by atoms with van der Waals surface area (Å²) < 4.78 is 18.4. The average molecular weight is 295 g/mol. The second kappa shape index (κ2) is 6.37. The van der Waals surface area contributed by atoms with Crippen molar-refractivity contribution in [3.63, 3.8) is 0 Å². The fourth-order valence-electron chi connectivity index (χ4n) is 2.34. The average Bonchev–Trinajstić information content (AvgIpc) is 2.40. The van der Waals surface area contributed by atoms with E-state index >= 15 is 0 Å². The molecule has 0 aliphatic carbocycles. The minimum Gasteiger partial charge on any atom is -0.458 e. The van der Waals surface area contributed by atoms with Crippen LogP contribution in [0.5, 0.6) is 6.01 Å². The Labute approximate surface area is 124 Å². The number of hydrogen-bond donors (Lipinski definition) is 0. The lowest BCUT2D eigenvalue weighted by atomic mass is 9.91. The lowest BCUT2D eigenvalue weighted by Crippen LogP contribution is -2.45. The van der Waals surface area contributed by atoms with E-state index in [1.54, 1.807) is 0 Å². The Hall–Kier alpha value is -1.72. The van der Waals surface area contributed by atoms with E-state index in [2.05, 4.69) is 30.7 Å². The molecule has 2 rings (SSSR count). The SMILES string of the molecule is CC(C)(C)CC(=O)N1CCCC(Oc2ncc(F)cn2)C1. The molecule has 1 amide bonds. The number of carbonyl (C=O) groups excluding carboxylic acids is 1. The number of amides is 1. The Morgan fingerprint density at radius 2 is 2.10 bits per heavy atom. The Bertz CT molecular complexity index is 485. The van der Waals surface area contributed by atoms with Gasteiger partial charge in [-0.15, -0.1) is 0 Å². The predicted octanol–water partition coefficient (Wildman–Crippen LogP) is 2.42. The van der Waals surface area contributed by atoms with E-state index in [1.165, 1.54) is 0 Å². The maximum atomic E-state index is 12.8. The fraction of sp³-hybridized carbons (Fsp3) is 0.667. The summed E-state index contributed by atoms with van der Waals surface area (Å²) in [6, 6.07) is 0.159. The Morgan fingerprint density at radius 3 is 2.71 bits per heavy atom. The summed E-state index contributed by atoms with van der Waals surface area (Å²) in [5.41, 5.74) is -0.0229. The molecular formula is C15H22FN3O2. The lowest BCUT2D eigenvalue weighted by Gasteiger charge is -2.34. The first kappa shape index (κ1) is 15.7. The van der Waals surface area contributed by atoms with Gasteiger partial charge in [0.1, 0.15) is 6.10 Å². The highest BCUT2D eigenvalue weighted by molar-refractivity contribution is 5.76. The zero-order valence-corrected chi connectivity index (χ0v) is 12.8. The first-order chi connectivity index (χ1) is 9.83. The van der Waals surface area contributed by atoms with E-state index in [9.17, 15) is 9.18 Å². The number of aromatic nitrogens is 2. The summed E-state index contributed by atoms with van der Waals surface area (Å²) in [7, 11) is 0. The molecule has 0 saturated carbocycles. The molecule has 2 heterocycles. The van der Waals surface area contributed by atoms with E-state index in [1.807, 2.05) is 4.90 Å². The monoisotopic (exact) mass is 295 g/mol. The topological polar surface area (TPSA) is 55.3 Å². The van der Waals surface area contributed by atoms with Crippen LogP contribution < -0.4 is 4.74 Å². The molecule has 1 fully saturated rings. The second-order valence-electron chi connectivity index (χ2n) is 6.64. The van der Waals surface area contributed by atoms with Crippen molar-refractivity contribution in [2.45, 2.75) is 46.1 Å². The molecule has 1 unspecified atom stereocenters. The number of rotatable bonds is 3. The molecule has 116 valence electrons. The smallest absolute Gasteiger partial charge is 0.316 e. The number of halogens is 1. The maximum Gasteiger partial charge on any atom is 0.316 e. The fourth-order valence-corrected chi connectivity index (χ4v) is 2.34. The zero-order chi connectivity index (χ0) is 15.5. The molecular weight excluding hydrogens is 273 g/mol. The number of carbonyl (C=O) groups is 1. The number of piperidine rings is 1. The molecule has 0 bridgehead atoms. The van der Waals surface area contributed by atoms with Gasteiger partial charge < -0.3 is 9.64 Å². The van der Waals surface area contributed by atoms with Gasteiger partial charge in [0.15, 0.2) is 5.82 Å². The van der Waals surface area contributed by atoms with Crippen molar-refractivity contribution in [1.82, 2.24) is 14.9 Å². The van der Waals surface area contributed by atoms with Gasteiger partial charge in [-0.2, -0.15) is 0 Å². The highest BCUT2D eigenvalue weighted by atomic mass is 19.1. The minimum atomic E-state index is -0.493. The van der Waals surface area contributed by atoms with Crippen molar-refractivity contribution in [3.05, 3.63) is 18.2 Å². The van der Waals surface area contributed by atoms with Crippen molar-refractivity contribution in [2.75, 3.05) is 13.1 Å². The Balaban J connectivity index is 1.91. The van der Waals surface area contributed by atoms with Crippen molar-refractivity contribution in [2.24, 2.45) is 5.41 Å². The van der Waals surface area contributed by atoms with E-state index in [0.29, 0.717) is 13.0 Å². The summed E-state index contributed by atoms with van der Waals surface area (Å²) in [4.78, 5) is 21.7. The first-order valence-corrected chi connectivity index (χ1v) is 7.25. The van der Waals surface area contributed by atoms with Crippen LogP contribution in [0.4, 0.5) is 4.39 Å². The molecule has 1 aromatic rings. The highest BCUT2D eigenvalue weighted by Crippen LogP contribution is 2.22. The van der Waals surface area contributed by atoms with Crippen LogP contribution in [-0.2, 0) is 4.79 Å². The molecule has 1 aliphatic rings. The summed E-state index contributed by atoms with van der Waals surface area (Å²) in [6.45, 7) is 7.45. The van der Waals surface area contributed by atoms with Crippen LogP contribution in [0.25, 0.3) is 0 Å². The van der Waals surface area contributed by atoms with Crippen LogP contribution in [-0.4, -0.2) is 40.0 Å². The van der Waals surface area contributed by atoms with Gasteiger partial charge in [-0.25, -0.2) is 14.4 Å². The van der Waals surface area contributed by atoms with Gasteiger partial charge in [0.25, 0.3) is 0 Å². The number of nitrogens with zero attached hydrogens (tertiary/aromatic N) is 3. The summed E-state index contributed by atoms with van der Waals surface area (Å²) in [5.74, 6) is -0.344. The summed E-state index contributed by atoms with van der Waals surface area (Å²) >= 11 is 0. The van der Waals surface area contributed by atoms with Crippen LogP contribution in [0.1, 0.15) is 40.0 Å². The molecule has 5 nitrogen and oxygen atoms in total. The standard InChI is InChI=1S/C15H22FN3O2/c1-15(2,3)7-13(20)19-6-4-5-12(10-19)21-14-17-8-11(16)9-18-14/h8-9,12H,4-7,10H2,1-3H3. The van der Waals surface area contributed by atoms with Gasteiger partial charge in [-0.3, -0.25) is 4.79 Å². The van der Waals surface area contributed by atoms with Crippen molar-refractivity contribution in [1.29, 1.82) is 0 Å². The largest absolute Gasteiger partial charge is 0.458 e. The summed E-state index contributed by atoms with van der Waals surface area (Å²) in [6.07, 6.45) is 4.28. The lowest BCUT2D eigenvalue weighted by molar-refractivity contribution is -0.135. The van der Waals surface area contributed by atoms with Crippen LogP contribution in [0.2, 0.25) is 0 Å². The normalized spacial score (nSPS) is 19.4. The molecule has 0 aromatic carbocycles. The van der Waals surface area contributed by atoms with Crippen LogP contribution >= 0.6 is 0 Å². The van der Waals surface area contributed by atoms with Crippen molar-refractivity contribution >= 4 is 5.91 Å². The third-order valence-electron chi connectivity index (χ3n) is 3.28. The Morgan fingerprint density at radius 1 is 1.43 bits per heavy atom. The van der Waals surface area contributed by atoms with Gasteiger partial charge in [0.05, 0.1) is 18.9 Å². The number of likely N-dealkylation sites (tertiary alicyclic amines) is 1. The second-order valence-corrected chi connectivity index (χ2v) is 6.64. The molecule has 0 N–H and O–H groups in total. The predicted molar refractivity (Wildman–Crippen MR) is 76.3 cm³/mol. The van der Waals surface area contributed by atoms with Gasteiger partial charge >= 0.3 is 6.01 Å². The van der Waals surface area contributed by atoms with Crippen LogP contribution in [0.3, 0.4) is 0 Å². The maximum absolute atomic E-state index is 12.8. The van der Waals surface area contributed by atoms with Gasteiger partial charge in [-0.05, 0) is 18.3 Å². The molecule has 0 radical (unpaired) electrons. The molecule has 1 aromatic heterocycles. The molecule has 1 saturated heterocycles. The van der Waals surface area contributed by atoms with Crippen molar-refractivity contribution < 1.29 is 13.9 Å². The Kier molecular flexibility index (Phi) is 4.75. The third kappa shape index (κ3) is 4.95. The molecule has 1 aliphatic heterocycles. The zero-order valence-electron chi connectivity index (χ0n) is 12.8. The highest BCUT2D eigenvalue weighted by Gasteiger charge is 2.27. The van der Waals surface area contributed by atoms with Gasteiger partial charge in [0, 0.05) is 13.0 Å². The van der Waals surface area contributed by atoms with Gasteiger partial charge in [-0.1, -0.05) is 20.8 Å². The number of hydrogen-bond acceptors (Lipinski definition) is 4. The molecule has 0 spiro atoms. The van der Waals surface area contributed by atoms with Crippen LogP contribution in [0, 0.1) is 11.2 Å².